The Hall–Kier alpha value is -4.18. The first-order valence-corrected chi connectivity index (χ1v) is 8.99. The number of nitrogens with one attached hydrogen (secondary N) is 2. The number of rotatable bonds is 6. The van der Waals surface area contributed by atoms with E-state index in [1.54, 1.807) is 60.8 Å². The maximum absolute atomic E-state index is 12.0. The first-order valence-electron chi connectivity index (χ1n) is 8.58. The van der Waals surface area contributed by atoms with Gasteiger partial charge in [0.1, 0.15) is 11.4 Å². The quantitative estimate of drug-likeness (QED) is 0.155. The van der Waals surface area contributed by atoms with E-state index in [1.807, 2.05) is 0 Å². The van der Waals surface area contributed by atoms with Gasteiger partial charge in [0.25, 0.3) is 5.69 Å². The third-order valence-electron chi connectivity index (χ3n) is 3.72. The number of aromatic nitrogens is 1. The van der Waals surface area contributed by atoms with Crippen molar-refractivity contribution in [2.75, 3.05) is 5.32 Å². The van der Waals surface area contributed by atoms with Crippen LogP contribution >= 0.6 is 12.2 Å². The van der Waals surface area contributed by atoms with Gasteiger partial charge in [-0.15, -0.1) is 0 Å². The normalized spacial score (nSPS) is 10.4. The highest BCUT2D eigenvalue weighted by atomic mass is 32.1. The van der Waals surface area contributed by atoms with Crippen molar-refractivity contribution in [3.05, 3.63) is 94.3 Å². The predicted octanol–water partition coefficient (Wildman–Crippen LogP) is 3.53. The van der Waals surface area contributed by atoms with Crippen LogP contribution in [0.2, 0.25) is 0 Å². The lowest BCUT2D eigenvalue weighted by molar-refractivity contribution is -0.383. The Morgan fingerprint density at radius 3 is 2.60 bits per heavy atom. The number of para-hydroxylation sites is 2. The fourth-order valence-electron chi connectivity index (χ4n) is 2.33. The monoisotopic (exact) mass is 421 g/mol. The second-order valence-electron chi connectivity index (χ2n) is 5.80. The smallest absolute Gasteiger partial charge is 0.345 e. The molecule has 0 aliphatic carbocycles. The van der Waals surface area contributed by atoms with Gasteiger partial charge in [-0.2, -0.15) is 5.10 Å². The standard InChI is InChI=1S/C20H15N5O4S/c26-19(15-4-3-11-21-13-15)29-16-9-7-14(8-10-16)12-22-24-20(30)23-17-5-1-2-6-18(17)25(27)28/h1-13H,(H2,23,24,30)/b22-12+. The molecule has 0 aliphatic rings. The van der Waals surface area contributed by atoms with Gasteiger partial charge in [-0.1, -0.05) is 12.1 Å². The Balaban J connectivity index is 1.53. The molecule has 0 amide bonds. The molecule has 1 heterocycles. The molecule has 150 valence electrons. The Bertz CT molecular complexity index is 1090. The molecule has 30 heavy (non-hydrogen) atoms. The first-order chi connectivity index (χ1) is 14.5. The zero-order valence-electron chi connectivity index (χ0n) is 15.4. The molecule has 0 saturated carbocycles. The number of pyridine rings is 1. The molecule has 0 bridgehead atoms. The van der Waals surface area contributed by atoms with E-state index in [0.29, 0.717) is 11.3 Å². The molecule has 3 rings (SSSR count). The predicted molar refractivity (Wildman–Crippen MR) is 116 cm³/mol. The van der Waals surface area contributed by atoms with E-state index in [1.165, 1.54) is 18.5 Å². The van der Waals surface area contributed by atoms with Crippen LogP contribution in [0.3, 0.4) is 0 Å². The van der Waals surface area contributed by atoms with Gasteiger partial charge in [0, 0.05) is 18.5 Å². The summed E-state index contributed by atoms with van der Waals surface area (Å²) in [7, 11) is 0. The number of ether oxygens (including phenoxy) is 1. The summed E-state index contributed by atoms with van der Waals surface area (Å²) in [6, 6.07) is 16.1. The summed E-state index contributed by atoms with van der Waals surface area (Å²) < 4.78 is 5.27. The van der Waals surface area contributed by atoms with Gasteiger partial charge in [0.15, 0.2) is 5.11 Å². The summed E-state index contributed by atoms with van der Waals surface area (Å²) in [5.41, 5.74) is 3.83. The van der Waals surface area contributed by atoms with E-state index in [9.17, 15) is 14.9 Å². The zero-order valence-corrected chi connectivity index (χ0v) is 16.2. The molecule has 0 fully saturated rings. The van der Waals surface area contributed by atoms with Crippen molar-refractivity contribution in [3.63, 3.8) is 0 Å². The van der Waals surface area contributed by atoms with Crippen molar-refractivity contribution >= 4 is 40.9 Å². The number of anilines is 1. The Morgan fingerprint density at radius 2 is 1.90 bits per heavy atom. The fraction of sp³-hybridized carbons (Fsp3) is 0. The van der Waals surface area contributed by atoms with Crippen molar-refractivity contribution in [1.82, 2.24) is 10.4 Å². The molecule has 0 saturated heterocycles. The molecule has 2 N–H and O–H groups in total. The van der Waals surface area contributed by atoms with Crippen LogP contribution in [-0.2, 0) is 0 Å². The number of carbonyl (C=O) groups is 1. The lowest BCUT2D eigenvalue weighted by Gasteiger charge is -2.07. The molecule has 2 aromatic carbocycles. The summed E-state index contributed by atoms with van der Waals surface area (Å²) in [5, 5.41) is 17.8. The summed E-state index contributed by atoms with van der Waals surface area (Å²) >= 11 is 5.09. The van der Waals surface area contributed by atoms with Gasteiger partial charge in [-0.05, 0) is 60.2 Å². The highest BCUT2D eigenvalue weighted by molar-refractivity contribution is 7.80. The summed E-state index contributed by atoms with van der Waals surface area (Å²) in [5.74, 6) is -0.125. The van der Waals surface area contributed by atoms with Crippen LogP contribution in [-0.4, -0.2) is 27.2 Å². The number of nitro benzene ring substituents is 1. The number of nitro groups is 1. The number of carbonyl (C=O) groups excluding carboxylic acids is 1. The Kier molecular flexibility index (Phi) is 6.74. The highest BCUT2D eigenvalue weighted by Gasteiger charge is 2.12. The van der Waals surface area contributed by atoms with Crippen LogP contribution in [0.4, 0.5) is 11.4 Å². The fourth-order valence-corrected chi connectivity index (χ4v) is 2.49. The van der Waals surface area contributed by atoms with E-state index < -0.39 is 10.9 Å². The van der Waals surface area contributed by atoms with E-state index in [4.69, 9.17) is 17.0 Å². The molecular formula is C20H15N5O4S. The Morgan fingerprint density at radius 1 is 1.13 bits per heavy atom. The largest absolute Gasteiger partial charge is 0.423 e. The number of esters is 1. The van der Waals surface area contributed by atoms with Gasteiger partial charge in [0.05, 0.1) is 16.7 Å². The van der Waals surface area contributed by atoms with Gasteiger partial charge < -0.3 is 10.1 Å². The van der Waals surface area contributed by atoms with Gasteiger partial charge in [-0.25, -0.2) is 4.79 Å². The van der Waals surface area contributed by atoms with E-state index >= 15 is 0 Å². The topological polar surface area (TPSA) is 119 Å². The summed E-state index contributed by atoms with van der Waals surface area (Å²) in [6.07, 6.45) is 4.50. The van der Waals surface area contributed by atoms with Crippen LogP contribution in [0.25, 0.3) is 0 Å². The van der Waals surface area contributed by atoms with E-state index in [-0.39, 0.29) is 16.5 Å². The lowest BCUT2D eigenvalue weighted by atomic mass is 10.2. The van der Waals surface area contributed by atoms with Gasteiger partial charge in [-0.3, -0.25) is 20.5 Å². The highest BCUT2D eigenvalue weighted by Crippen LogP contribution is 2.22. The average molecular weight is 421 g/mol. The molecule has 0 aliphatic heterocycles. The number of thiocarbonyl (C=S) groups is 1. The minimum atomic E-state index is -0.503. The van der Waals surface area contributed by atoms with Crippen molar-refractivity contribution in [3.8, 4) is 5.75 Å². The third-order valence-corrected chi connectivity index (χ3v) is 3.91. The molecule has 10 heteroatoms. The van der Waals surface area contributed by atoms with Crippen LogP contribution < -0.4 is 15.5 Å². The number of hydrogen-bond acceptors (Lipinski definition) is 7. The summed E-state index contributed by atoms with van der Waals surface area (Å²) in [4.78, 5) is 26.4. The molecule has 0 atom stereocenters. The van der Waals surface area contributed by atoms with Crippen molar-refractivity contribution in [2.45, 2.75) is 0 Å². The molecule has 1 aromatic heterocycles. The molecule has 0 radical (unpaired) electrons. The third kappa shape index (κ3) is 5.66. The summed E-state index contributed by atoms with van der Waals surface area (Å²) in [6.45, 7) is 0. The molecule has 3 aromatic rings. The maximum Gasteiger partial charge on any atom is 0.345 e. The first kappa shape index (κ1) is 20.6. The second-order valence-corrected chi connectivity index (χ2v) is 6.21. The van der Waals surface area contributed by atoms with Gasteiger partial charge >= 0.3 is 5.97 Å². The molecular weight excluding hydrogens is 406 g/mol. The van der Waals surface area contributed by atoms with Crippen molar-refractivity contribution in [1.29, 1.82) is 0 Å². The molecule has 0 unspecified atom stereocenters. The Labute approximate surface area is 176 Å². The van der Waals surface area contributed by atoms with Crippen molar-refractivity contribution < 1.29 is 14.5 Å². The second kappa shape index (κ2) is 9.85. The minimum Gasteiger partial charge on any atom is -0.423 e. The number of hydrazone groups is 1. The zero-order chi connectivity index (χ0) is 21.3. The van der Waals surface area contributed by atoms with Crippen LogP contribution in [0.5, 0.6) is 5.75 Å². The van der Waals surface area contributed by atoms with Crippen LogP contribution in [0, 0.1) is 10.1 Å². The SMILES string of the molecule is O=C(Oc1ccc(/C=N/NC(=S)Nc2ccccc2[N+](=O)[O-])cc1)c1cccnc1. The maximum atomic E-state index is 12.0. The minimum absolute atomic E-state index is 0.0953. The van der Waals surface area contributed by atoms with Crippen LogP contribution in [0.15, 0.2) is 78.2 Å². The lowest BCUT2D eigenvalue weighted by Crippen LogP contribution is -2.24. The molecule has 9 nitrogen and oxygen atoms in total. The van der Waals surface area contributed by atoms with Crippen molar-refractivity contribution in [2.24, 2.45) is 5.10 Å². The van der Waals surface area contributed by atoms with E-state index in [0.717, 1.165) is 5.56 Å². The van der Waals surface area contributed by atoms with Crippen LogP contribution in [0.1, 0.15) is 15.9 Å². The van der Waals surface area contributed by atoms with Gasteiger partial charge in [0.2, 0.25) is 0 Å². The number of benzene rings is 2. The number of nitrogens with zero attached hydrogens (tertiary/aromatic N) is 3. The van der Waals surface area contributed by atoms with E-state index in [2.05, 4.69) is 20.8 Å². The molecule has 0 spiro atoms. The number of hydrogen-bond donors (Lipinski definition) is 2. The average Bonchev–Trinajstić information content (AvgIpc) is 2.76.